The van der Waals surface area contributed by atoms with Gasteiger partial charge in [0.25, 0.3) is 0 Å². The van der Waals surface area contributed by atoms with E-state index in [1.807, 2.05) is 13.8 Å². The topological polar surface area (TPSA) is 40.6 Å². The summed E-state index contributed by atoms with van der Waals surface area (Å²) in [5.41, 5.74) is 2.58. The summed E-state index contributed by atoms with van der Waals surface area (Å²) in [6.45, 7) is 7.43. The van der Waals surface area contributed by atoms with Gasteiger partial charge in [0.2, 0.25) is 6.41 Å². The number of carbonyl (C=O) groups is 1. The number of amides is 1. The van der Waals surface area contributed by atoms with Gasteiger partial charge in [0, 0.05) is 55.2 Å². The summed E-state index contributed by atoms with van der Waals surface area (Å²) in [6, 6.07) is 8.45. The number of anilines is 1. The van der Waals surface area contributed by atoms with Crippen LogP contribution in [0, 0.1) is 6.92 Å². The van der Waals surface area contributed by atoms with Crippen LogP contribution in [0.15, 0.2) is 24.3 Å². The van der Waals surface area contributed by atoms with Crippen molar-refractivity contribution >= 4 is 22.9 Å². The first-order valence-corrected chi connectivity index (χ1v) is 8.80. The molecule has 120 valence electrons. The van der Waals surface area contributed by atoms with Crippen LogP contribution in [0.25, 0.3) is 0 Å². The molecule has 1 aliphatic heterocycles. The second-order valence-electron chi connectivity index (χ2n) is 4.72. The number of nitrogens with zero attached hydrogens (tertiary/aromatic N) is 2. The normalized spacial score (nSPS) is 14.2. The van der Waals surface area contributed by atoms with Gasteiger partial charge in [-0.05, 0) is 24.6 Å². The Kier molecular flexibility index (Phi) is 10.6. The molecule has 5 heteroatoms. The number of aryl methyl sites for hydroxylation is 1. The first-order chi connectivity index (χ1) is 10.0. The molecule has 1 saturated heterocycles. The Bertz CT molecular complexity index is 426. The summed E-state index contributed by atoms with van der Waals surface area (Å²) < 4.78 is 10.7. The van der Waals surface area contributed by atoms with Crippen molar-refractivity contribution in [3.63, 3.8) is 0 Å². The fraction of sp³-hybridized carbons (Fsp3) is 0.562. The van der Waals surface area contributed by atoms with Crippen molar-refractivity contribution in [3.8, 4) is 0 Å². The molecule has 1 heterocycles. The van der Waals surface area contributed by atoms with Gasteiger partial charge in [0.15, 0.2) is 0 Å². The maximum absolute atomic E-state index is 10.7. The molecule has 1 aliphatic rings. The van der Waals surface area contributed by atoms with Crippen LogP contribution in [0.1, 0.15) is 19.4 Å². The number of benzene rings is 1. The van der Waals surface area contributed by atoms with Gasteiger partial charge >= 0.3 is 0 Å². The number of carbonyl (C=O) groups excluding carboxylic acids is 1. The van der Waals surface area contributed by atoms with Gasteiger partial charge in [0.05, 0.1) is 0 Å². The molecule has 4 nitrogen and oxygen atoms in total. The lowest BCUT2D eigenvalue weighted by Gasteiger charge is -2.21. The number of rotatable bonds is 2. The van der Waals surface area contributed by atoms with Crippen LogP contribution in [-0.2, 0) is 15.6 Å². The fourth-order valence-electron chi connectivity index (χ4n) is 1.66. The molecule has 0 N–H and O–H groups in total. The van der Waals surface area contributed by atoms with Gasteiger partial charge in [-0.25, -0.2) is 0 Å². The molecule has 0 bridgehead atoms. The van der Waals surface area contributed by atoms with Gasteiger partial charge in [0.1, 0.15) is 0 Å². The number of hydrogen-bond acceptors (Lipinski definition) is 3. The van der Waals surface area contributed by atoms with E-state index in [0.717, 1.165) is 6.41 Å². The smallest absolute Gasteiger partial charge is 0.209 e. The highest BCUT2D eigenvalue weighted by Gasteiger charge is 2.11. The monoisotopic (exact) mass is 312 g/mol. The average Bonchev–Trinajstić information content (AvgIpc) is 2.51. The van der Waals surface area contributed by atoms with E-state index in [0.29, 0.717) is 24.6 Å². The van der Waals surface area contributed by atoms with E-state index < -0.39 is 10.8 Å². The van der Waals surface area contributed by atoms with Gasteiger partial charge in [-0.1, -0.05) is 26.0 Å². The highest BCUT2D eigenvalue weighted by molar-refractivity contribution is 7.85. The molecule has 1 aromatic carbocycles. The third-order valence-corrected chi connectivity index (χ3v) is 4.16. The van der Waals surface area contributed by atoms with Crippen LogP contribution in [0.3, 0.4) is 0 Å². The minimum atomic E-state index is -0.663. The summed E-state index contributed by atoms with van der Waals surface area (Å²) in [6.07, 6.45) is 0.816. The van der Waals surface area contributed by atoms with E-state index >= 15 is 0 Å². The molecule has 0 saturated carbocycles. The maximum atomic E-state index is 10.7. The first kappa shape index (κ1) is 19.6. The molecule has 1 fully saturated rings. The Morgan fingerprint density at radius 3 is 2.14 bits per heavy atom. The number of hydrogen-bond donors (Lipinski definition) is 0. The van der Waals surface area contributed by atoms with E-state index in [9.17, 15) is 9.00 Å². The molecular weight excluding hydrogens is 284 g/mol. The van der Waals surface area contributed by atoms with Crippen molar-refractivity contribution in [2.75, 3.05) is 43.6 Å². The second-order valence-corrected chi connectivity index (χ2v) is 6.42. The van der Waals surface area contributed by atoms with Crippen molar-refractivity contribution in [2.24, 2.45) is 0 Å². The van der Waals surface area contributed by atoms with Crippen LogP contribution in [0.2, 0.25) is 0 Å². The Morgan fingerprint density at radius 2 is 1.76 bits per heavy atom. The molecule has 0 radical (unpaired) electrons. The van der Waals surface area contributed by atoms with Crippen LogP contribution < -0.4 is 4.90 Å². The van der Waals surface area contributed by atoms with Crippen molar-refractivity contribution in [1.29, 1.82) is 0 Å². The maximum Gasteiger partial charge on any atom is 0.209 e. The molecule has 0 atom stereocenters. The predicted octanol–water partition coefficient (Wildman–Crippen LogP) is 2.29. The zero-order valence-electron chi connectivity index (χ0n) is 13.8. The Hall–Kier alpha value is -1.36. The van der Waals surface area contributed by atoms with Crippen LogP contribution in [0.4, 0.5) is 5.69 Å². The molecule has 0 aliphatic carbocycles. The van der Waals surface area contributed by atoms with Crippen molar-refractivity contribution < 1.29 is 9.00 Å². The quantitative estimate of drug-likeness (QED) is 0.787. The standard InChI is InChI=1S/C9H13N.C5H9NO2S.C2H6/c1-8-5-4-6-9(7-8)10(2)3;7-5-6-1-3-9(8)4-2-6;1-2/h4-7H,1-3H3;5H,1-4H2;1-2H3. The van der Waals surface area contributed by atoms with Crippen molar-refractivity contribution in [1.82, 2.24) is 4.90 Å². The van der Waals surface area contributed by atoms with E-state index in [4.69, 9.17) is 0 Å². The Labute approximate surface area is 131 Å². The molecule has 1 aromatic rings. The minimum Gasteiger partial charge on any atom is -0.378 e. The molecule has 0 aromatic heterocycles. The van der Waals surface area contributed by atoms with E-state index in [1.54, 1.807) is 4.90 Å². The molecular formula is C16H28N2O2S. The third-order valence-electron chi connectivity index (χ3n) is 2.88. The van der Waals surface area contributed by atoms with Crippen LogP contribution >= 0.6 is 0 Å². The summed E-state index contributed by atoms with van der Waals surface area (Å²) in [5, 5.41) is 0. The van der Waals surface area contributed by atoms with Gasteiger partial charge in [-0.15, -0.1) is 0 Å². The molecule has 2 rings (SSSR count). The lowest BCUT2D eigenvalue weighted by Crippen LogP contribution is -2.36. The predicted molar refractivity (Wildman–Crippen MR) is 92.4 cm³/mol. The molecule has 0 unspecified atom stereocenters. The van der Waals surface area contributed by atoms with Gasteiger partial charge < -0.3 is 9.80 Å². The lowest BCUT2D eigenvalue weighted by atomic mass is 10.2. The highest BCUT2D eigenvalue weighted by atomic mass is 32.2. The molecule has 0 spiro atoms. The Balaban J connectivity index is 0.000000342. The highest BCUT2D eigenvalue weighted by Crippen LogP contribution is 2.11. The lowest BCUT2D eigenvalue weighted by molar-refractivity contribution is -0.117. The van der Waals surface area contributed by atoms with Gasteiger partial charge in [-0.2, -0.15) is 0 Å². The fourth-order valence-corrected chi connectivity index (χ4v) is 2.74. The third kappa shape index (κ3) is 8.50. The van der Waals surface area contributed by atoms with Crippen LogP contribution in [-0.4, -0.2) is 54.2 Å². The van der Waals surface area contributed by atoms with E-state index in [1.165, 1.54) is 11.3 Å². The van der Waals surface area contributed by atoms with Crippen molar-refractivity contribution in [3.05, 3.63) is 29.8 Å². The SMILES string of the molecule is CC.Cc1cccc(N(C)C)c1.O=CN1CCS(=O)CC1. The molecule has 1 amide bonds. The Morgan fingerprint density at radius 1 is 1.19 bits per heavy atom. The summed E-state index contributed by atoms with van der Waals surface area (Å²) >= 11 is 0. The van der Waals surface area contributed by atoms with Crippen LogP contribution in [0.5, 0.6) is 0 Å². The van der Waals surface area contributed by atoms with Crippen molar-refractivity contribution in [2.45, 2.75) is 20.8 Å². The van der Waals surface area contributed by atoms with Gasteiger partial charge in [-0.3, -0.25) is 9.00 Å². The zero-order valence-corrected chi connectivity index (χ0v) is 14.7. The minimum absolute atomic E-state index is 0.652. The molecule has 21 heavy (non-hydrogen) atoms. The average molecular weight is 312 g/mol. The summed E-state index contributed by atoms with van der Waals surface area (Å²) in [4.78, 5) is 13.9. The van der Waals surface area contributed by atoms with E-state index in [2.05, 4.69) is 50.2 Å². The first-order valence-electron chi connectivity index (χ1n) is 7.31. The largest absolute Gasteiger partial charge is 0.378 e. The zero-order chi connectivity index (χ0) is 16.3. The second kappa shape index (κ2) is 11.3. The van der Waals surface area contributed by atoms with E-state index in [-0.39, 0.29) is 0 Å². The summed E-state index contributed by atoms with van der Waals surface area (Å²) in [5.74, 6) is 1.30. The summed E-state index contributed by atoms with van der Waals surface area (Å²) in [7, 11) is 3.44.